The first kappa shape index (κ1) is 14.8. The number of furan rings is 1. The second kappa shape index (κ2) is 6.23. The Morgan fingerprint density at radius 3 is 2.75 bits per heavy atom. The first-order chi connectivity index (χ1) is 9.55. The SMILES string of the molecule is CCC(=O)NCC(c1ccco1)S(=O)(=O)c1cccs1. The molecule has 0 saturated carbocycles. The van der Waals surface area contributed by atoms with Crippen LogP contribution < -0.4 is 5.32 Å². The minimum absolute atomic E-state index is 0.000417. The van der Waals surface area contributed by atoms with Gasteiger partial charge in [0.1, 0.15) is 15.2 Å². The second-order valence-electron chi connectivity index (χ2n) is 4.14. The van der Waals surface area contributed by atoms with Gasteiger partial charge in [0, 0.05) is 13.0 Å². The monoisotopic (exact) mass is 313 g/mol. The largest absolute Gasteiger partial charge is 0.468 e. The molecule has 2 aromatic rings. The molecule has 2 rings (SSSR count). The smallest absolute Gasteiger partial charge is 0.219 e. The molecule has 20 heavy (non-hydrogen) atoms. The quantitative estimate of drug-likeness (QED) is 0.888. The van der Waals surface area contributed by atoms with E-state index < -0.39 is 15.1 Å². The zero-order chi connectivity index (χ0) is 14.6. The van der Waals surface area contributed by atoms with E-state index in [0.717, 1.165) is 11.3 Å². The molecule has 2 aromatic heterocycles. The molecule has 108 valence electrons. The van der Waals surface area contributed by atoms with Crippen molar-refractivity contribution < 1.29 is 17.6 Å². The highest BCUT2D eigenvalue weighted by atomic mass is 32.2. The molecule has 0 aliphatic rings. The van der Waals surface area contributed by atoms with Gasteiger partial charge in [-0.3, -0.25) is 4.79 Å². The van der Waals surface area contributed by atoms with Crippen LogP contribution in [0, 0.1) is 0 Å². The summed E-state index contributed by atoms with van der Waals surface area (Å²) in [5, 5.41) is 3.41. The van der Waals surface area contributed by atoms with Crippen molar-refractivity contribution in [1.82, 2.24) is 5.32 Å². The highest BCUT2D eigenvalue weighted by Crippen LogP contribution is 2.31. The Morgan fingerprint density at radius 2 is 2.20 bits per heavy atom. The first-order valence-corrected chi connectivity index (χ1v) is 8.55. The number of amides is 1. The summed E-state index contributed by atoms with van der Waals surface area (Å²) in [5.74, 6) is 0.137. The summed E-state index contributed by atoms with van der Waals surface area (Å²) in [6, 6.07) is 6.47. The minimum atomic E-state index is -3.57. The summed E-state index contributed by atoms with van der Waals surface area (Å²) in [6.07, 6.45) is 1.73. The van der Waals surface area contributed by atoms with Gasteiger partial charge in [0.25, 0.3) is 0 Å². The molecule has 0 aliphatic heterocycles. The van der Waals surface area contributed by atoms with Crippen LogP contribution in [-0.4, -0.2) is 20.9 Å². The number of carbonyl (C=O) groups excluding carboxylic acids is 1. The van der Waals surface area contributed by atoms with Crippen molar-refractivity contribution in [3.63, 3.8) is 0 Å². The molecule has 1 N–H and O–H groups in total. The Kier molecular flexibility index (Phi) is 4.61. The summed E-state index contributed by atoms with van der Waals surface area (Å²) >= 11 is 1.15. The van der Waals surface area contributed by atoms with Crippen molar-refractivity contribution in [3.8, 4) is 0 Å². The highest BCUT2D eigenvalue weighted by molar-refractivity contribution is 7.93. The van der Waals surface area contributed by atoms with Gasteiger partial charge in [-0.05, 0) is 23.6 Å². The number of hydrogen-bond acceptors (Lipinski definition) is 5. The van der Waals surface area contributed by atoms with E-state index in [2.05, 4.69) is 5.32 Å². The molecule has 0 aromatic carbocycles. The molecule has 0 fully saturated rings. The normalized spacial score (nSPS) is 13.1. The van der Waals surface area contributed by atoms with E-state index >= 15 is 0 Å². The summed E-state index contributed by atoms with van der Waals surface area (Å²) in [4.78, 5) is 11.4. The van der Waals surface area contributed by atoms with Crippen LogP contribution in [0.5, 0.6) is 0 Å². The van der Waals surface area contributed by atoms with E-state index in [-0.39, 0.29) is 16.7 Å². The van der Waals surface area contributed by atoms with Gasteiger partial charge in [0.15, 0.2) is 9.84 Å². The molecule has 5 nitrogen and oxygen atoms in total. The molecule has 0 bridgehead atoms. The number of rotatable bonds is 6. The molecule has 7 heteroatoms. The Labute approximate surface area is 121 Å². The molecule has 2 heterocycles. The Morgan fingerprint density at radius 1 is 1.40 bits per heavy atom. The summed E-state index contributed by atoms with van der Waals surface area (Å²) in [6.45, 7) is 1.71. The van der Waals surface area contributed by atoms with E-state index in [1.165, 1.54) is 6.26 Å². The van der Waals surface area contributed by atoms with Crippen LogP contribution in [-0.2, 0) is 14.6 Å². The van der Waals surface area contributed by atoms with Crippen molar-refractivity contribution >= 4 is 27.1 Å². The lowest BCUT2D eigenvalue weighted by atomic mass is 10.3. The number of hydrogen-bond donors (Lipinski definition) is 1. The maximum absolute atomic E-state index is 12.6. The fourth-order valence-corrected chi connectivity index (χ4v) is 4.53. The number of sulfone groups is 1. The van der Waals surface area contributed by atoms with Crippen LogP contribution in [0.4, 0.5) is 0 Å². The van der Waals surface area contributed by atoms with Crippen LogP contribution in [0.2, 0.25) is 0 Å². The molecule has 0 spiro atoms. The molecule has 0 saturated heterocycles. The van der Waals surface area contributed by atoms with Crippen LogP contribution in [0.15, 0.2) is 44.5 Å². The van der Waals surface area contributed by atoms with Crippen molar-refractivity contribution in [2.24, 2.45) is 0 Å². The maximum Gasteiger partial charge on any atom is 0.219 e. The van der Waals surface area contributed by atoms with Gasteiger partial charge in [0.2, 0.25) is 5.91 Å². The second-order valence-corrected chi connectivity index (χ2v) is 7.44. The summed E-state index contributed by atoms with van der Waals surface area (Å²) < 4.78 is 30.7. The van der Waals surface area contributed by atoms with Crippen molar-refractivity contribution in [2.75, 3.05) is 6.54 Å². The lowest BCUT2D eigenvalue weighted by Gasteiger charge is -2.15. The Bertz CT molecular complexity index is 645. The van der Waals surface area contributed by atoms with Crippen LogP contribution in [0.1, 0.15) is 24.4 Å². The van der Waals surface area contributed by atoms with Gasteiger partial charge in [-0.1, -0.05) is 13.0 Å². The van der Waals surface area contributed by atoms with Gasteiger partial charge in [-0.15, -0.1) is 11.3 Å². The lowest BCUT2D eigenvalue weighted by Crippen LogP contribution is -2.31. The minimum Gasteiger partial charge on any atom is -0.468 e. The van der Waals surface area contributed by atoms with Gasteiger partial charge in [-0.2, -0.15) is 0 Å². The van der Waals surface area contributed by atoms with E-state index in [1.807, 2.05) is 0 Å². The van der Waals surface area contributed by atoms with E-state index in [9.17, 15) is 13.2 Å². The third-order valence-electron chi connectivity index (χ3n) is 2.82. The van der Waals surface area contributed by atoms with Gasteiger partial charge >= 0.3 is 0 Å². The van der Waals surface area contributed by atoms with Crippen LogP contribution in [0.25, 0.3) is 0 Å². The average Bonchev–Trinajstić information content (AvgIpc) is 3.11. The molecular formula is C13H15NO4S2. The summed E-state index contributed by atoms with van der Waals surface area (Å²) in [5.41, 5.74) is 0. The Balaban J connectivity index is 2.30. The average molecular weight is 313 g/mol. The third kappa shape index (κ3) is 3.10. The van der Waals surface area contributed by atoms with Crippen molar-refractivity contribution in [1.29, 1.82) is 0 Å². The number of carbonyl (C=O) groups is 1. The van der Waals surface area contributed by atoms with E-state index in [4.69, 9.17) is 4.42 Å². The summed E-state index contributed by atoms with van der Waals surface area (Å²) in [7, 11) is -3.57. The molecule has 1 amide bonds. The third-order valence-corrected chi connectivity index (χ3v) is 6.31. The molecule has 1 atom stereocenters. The van der Waals surface area contributed by atoms with Crippen molar-refractivity contribution in [3.05, 3.63) is 41.7 Å². The van der Waals surface area contributed by atoms with E-state index in [0.29, 0.717) is 12.2 Å². The molecular weight excluding hydrogens is 298 g/mol. The topological polar surface area (TPSA) is 76.4 Å². The van der Waals surface area contributed by atoms with Crippen LogP contribution >= 0.6 is 11.3 Å². The van der Waals surface area contributed by atoms with Gasteiger partial charge < -0.3 is 9.73 Å². The lowest BCUT2D eigenvalue weighted by molar-refractivity contribution is -0.120. The fourth-order valence-electron chi connectivity index (χ4n) is 1.73. The molecule has 1 unspecified atom stereocenters. The zero-order valence-electron chi connectivity index (χ0n) is 10.9. The van der Waals surface area contributed by atoms with Crippen molar-refractivity contribution in [2.45, 2.75) is 22.8 Å². The zero-order valence-corrected chi connectivity index (χ0v) is 12.5. The first-order valence-electron chi connectivity index (χ1n) is 6.13. The van der Waals surface area contributed by atoms with Crippen LogP contribution in [0.3, 0.4) is 0 Å². The predicted octanol–water partition coefficient (Wildman–Crippen LogP) is 2.38. The van der Waals surface area contributed by atoms with Gasteiger partial charge in [0.05, 0.1) is 6.26 Å². The van der Waals surface area contributed by atoms with Gasteiger partial charge in [-0.25, -0.2) is 8.42 Å². The predicted molar refractivity (Wildman–Crippen MR) is 76.3 cm³/mol. The molecule has 0 aliphatic carbocycles. The number of thiophene rings is 1. The van der Waals surface area contributed by atoms with E-state index in [1.54, 1.807) is 36.6 Å². The fraction of sp³-hybridized carbons (Fsp3) is 0.308. The maximum atomic E-state index is 12.6. The number of nitrogens with one attached hydrogen (secondary N) is 1. The standard InChI is InChI=1S/C13H15NO4S2/c1-2-12(15)14-9-11(10-5-3-7-18-10)20(16,17)13-6-4-8-19-13/h3-8,11H,2,9H2,1H3,(H,14,15). The highest BCUT2D eigenvalue weighted by Gasteiger charge is 2.32. The molecule has 0 radical (unpaired) electrons. The Hall–Kier alpha value is -1.60.